The zero-order valence-corrected chi connectivity index (χ0v) is 39.9. The normalized spacial score (nSPS) is 54.5. The molecule has 386 valence electrons. The zero-order chi connectivity index (χ0) is 50.0. The van der Waals surface area contributed by atoms with E-state index in [1.165, 1.54) is 6.92 Å². The van der Waals surface area contributed by atoms with Crippen LogP contribution in [0.2, 0.25) is 0 Å². The van der Waals surface area contributed by atoms with Gasteiger partial charge in [-0.2, -0.15) is 0 Å². The van der Waals surface area contributed by atoms with E-state index in [0.29, 0.717) is 44.9 Å². The summed E-state index contributed by atoms with van der Waals surface area (Å²) in [5.74, 6) is -3.37. The number of hydrogen-bond donors (Lipinski definition) is 11. The number of allylic oxidation sites excluding steroid dienone is 2. The lowest BCUT2D eigenvalue weighted by Crippen LogP contribution is -2.69. The minimum atomic E-state index is -2.15. The Morgan fingerprint density at radius 3 is 1.96 bits per heavy atom. The van der Waals surface area contributed by atoms with Crippen LogP contribution in [-0.2, 0) is 42.8 Å². The van der Waals surface area contributed by atoms with Gasteiger partial charge < -0.3 is 89.4 Å². The largest absolute Gasteiger partial charge is 0.481 e. The van der Waals surface area contributed by atoms with Crippen molar-refractivity contribution in [2.45, 2.75) is 211 Å². The Hall–Kier alpha value is -2.25. The predicted octanol–water partition coefficient (Wildman–Crippen LogP) is -0.0241. The smallest absolute Gasteiger partial charge is 0.335 e. The van der Waals surface area contributed by atoms with Gasteiger partial charge >= 0.3 is 11.9 Å². The van der Waals surface area contributed by atoms with Gasteiger partial charge in [-0.05, 0) is 104 Å². The Bertz CT molecular complexity index is 1950. The minimum absolute atomic E-state index is 0.0282. The molecule has 0 aromatic heterocycles. The van der Waals surface area contributed by atoms with Crippen LogP contribution in [0.15, 0.2) is 11.6 Å². The summed E-state index contributed by atoms with van der Waals surface area (Å²) >= 11 is 0. The van der Waals surface area contributed by atoms with E-state index < -0.39 is 150 Å². The molecule has 0 radical (unpaired) electrons. The number of carboxylic acid groups (broad SMARTS) is 2. The number of carboxylic acids is 2. The van der Waals surface area contributed by atoms with Crippen LogP contribution in [-0.4, -0.2) is 185 Å². The average Bonchev–Trinajstić information content (AvgIpc) is 3.27. The van der Waals surface area contributed by atoms with Crippen LogP contribution < -0.4 is 0 Å². The summed E-state index contributed by atoms with van der Waals surface area (Å²) in [6, 6.07) is 0. The fourth-order valence-electron chi connectivity index (χ4n) is 15.0. The maximum absolute atomic E-state index is 13.8. The first-order valence-corrected chi connectivity index (χ1v) is 24.3. The van der Waals surface area contributed by atoms with E-state index in [9.17, 15) is 70.6 Å². The molecule has 0 spiro atoms. The van der Waals surface area contributed by atoms with Crippen LogP contribution in [0.4, 0.5) is 0 Å². The van der Waals surface area contributed by atoms with Gasteiger partial charge in [-0.15, -0.1) is 0 Å². The van der Waals surface area contributed by atoms with Crippen molar-refractivity contribution in [1.82, 2.24) is 0 Å². The van der Waals surface area contributed by atoms with Gasteiger partial charge in [0.1, 0.15) is 72.7 Å². The topological polar surface area (TPSA) is 329 Å². The quantitative estimate of drug-likeness (QED) is 0.0778. The fraction of sp³-hybridized carbons (Fsp3) is 0.896. The maximum atomic E-state index is 13.8. The summed E-state index contributed by atoms with van der Waals surface area (Å²) in [5, 5.41) is 119. The van der Waals surface area contributed by atoms with Gasteiger partial charge in [-0.1, -0.05) is 53.2 Å². The minimum Gasteiger partial charge on any atom is -0.481 e. The second kappa shape index (κ2) is 18.0. The van der Waals surface area contributed by atoms with Crippen molar-refractivity contribution in [3.8, 4) is 0 Å². The molecule has 3 aliphatic heterocycles. The van der Waals surface area contributed by atoms with E-state index in [-0.39, 0.29) is 36.0 Å². The summed E-state index contributed by atoms with van der Waals surface area (Å²) in [7, 11) is 0. The number of aliphatic carboxylic acids is 2. The highest BCUT2D eigenvalue weighted by Gasteiger charge is 2.72. The van der Waals surface area contributed by atoms with Crippen LogP contribution >= 0.6 is 0 Å². The Labute approximate surface area is 395 Å². The Morgan fingerprint density at radius 2 is 1.34 bits per heavy atom. The molecule has 1 unspecified atom stereocenters. The third-order valence-corrected chi connectivity index (χ3v) is 19.3. The van der Waals surface area contributed by atoms with Crippen molar-refractivity contribution in [1.29, 1.82) is 0 Å². The SMILES string of the molecule is C[C@@H]1O[C@@H](O[C@H]2[C@H](O)[C@@H](C(=O)O)O[C@@H](O[C@H]3CC[C@]4(C)[C@H]5CC=C6[C@@H]7CC(C)(C)CC[C@]7(C(=O)O)[C@H](O)C[C@@]6(C)[C@]5(C)CC[C@H]4[C@]3(C)C=O)[C@@H]2O[C@@H]2O[C@H](CO)[C@H](O)[C@H](O)C2O)[C@H](O)[C@H](O)[C@H]1O. The maximum Gasteiger partial charge on any atom is 0.335 e. The standard InChI is InChI=1S/C48H74O20/c1-20-28(52)30(54)32(56)39(63-20)66-35-34(58)36(38(59)60)67-41(37(35)68-40-33(57)31(55)29(53)23(18-49)64-40)65-27-11-12-44(4)24(45(27,5)19-50)10-13-46(6)25(44)9-8-21-22-16-43(2,3)14-15-48(22,42(61)62)26(51)17-47(21,46)7/h8,19-20,22-37,39-41,49,51-58H,9-18H2,1-7H3,(H,59,60)(H,61,62)/t20-,22-,23+,24+,25+,26+,27-,28-,29-,30+,31-,32+,33?,34-,35-,36-,37+,39-,40-,41+,44-,45-,46+,47+,48+/m0/s1. The number of fused-ring (bicyclic) bond motifs is 7. The first-order chi connectivity index (χ1) is 31.7. The third-order valence-electron chi connectivity index (χ3n) is 19.3. The van der Waals surface area contributed by atoms with E-state index in [4.69, 9.17) is 28.4 Å². The van der Waals surface area contributed by atoms with Crippen LogP contribution in [0.25, 0.3) is 0 Å². The summed E-state index contributed by atoms with van der Waals surface area (Å²) in [6.07, 6.45) is -21.9. The molecule has 68 heavy (non-hydrogen) atoms. The summed E-state index contributed by atoms with van der Waals surface area (Å²) in [5.41, 5.74) is -3.12. The van der Waals surface area contributed by atoms with Crippen LogP contribution in [0.5, 0.6) is 0 Å². The molecule has 3 saturated heterocycles. The van der Waals surface area contributed by atoms with Gasteiger partial charge in [-0.25, -0.2) is 4.79 Å². The number of rotatable bonds is 10. The van der Waals surface area contributed by atoms with Gasteiger partial charge in [0, 0.05) is 0 Å². The molecule has 8 aliphatic rings. The van der Waals surface area contributed by atoms with Crippen LogP contribution in [0.1, 0.15) is 106 Å². The van der Waals surface area contributed by atoms with Crippen molar-refractivity contribution in [2.24, 2.45) is 50.2 Å². The molecule has 0 aromatic rings. The molecular weight excluding hydrogens is 897 g/mol. The van der Waals surface area contributed by atoms with E-state index in [0.717, 1.165) is 11.9 Å². The summed E-state index contributed by atoms with van der Waals surface area (Å²) in [6.45, 7) is 13.2. The number of hydrogen-bond acceptors (Lipinski definition) is 18. The molecule has 5 aliphatic carbocycles. The second-order valence-corrected chi connectivity index (χ2v) is 23.3. The number of carbonyl (C=O) groups is 3. The van der Waals surface area contributed by atoms with Gasteiger partial charge in [0.25, 0.3) is 0 Å². The summed E-state index contributed by atoms with van der Waals surface area (Å²) in [4.78, 5) is 39.9. The molecular formula is C48H74O20. The van der Waals surface area contributed by atoms with E-state index in [2.05, 4.69) is 40.7 Å². The molecule has 11 N–H and O–H groups in total. The first-order valence-electron chi connectivity index (χ1n) is 24.3. The Kier molecular flexibility index (Phi) is 13.8. The lowest BCUT2D eigenvalue weighted by molar-refractivity contribution is -0.394. The van der Waals surface area contributed by atoms with Gasteiger partial charge in [0.05, 0.1) is 30.3 Å². The average molecular weight is 971 g/mol. The van der Waals surface area contributed by atoms with Crippen molar-refractivity contribution in [3.05, 3.63) is 11.6 Å². The Morgan fingerprint density at radius 1 is 0.706 bits per heavy atom. The highest BCUT2D eigenvalue weighted by Crippen LogP contribution is 2.76. The van der Waals surface area contributed by atoms with Gasteiger partial charge in [-0.3, -0.25) is 4.79 Å². The van der Waals surface area contributed by atoms with E-state index in [1.807, 2.05) is 0 Å². The molecule has 4 saturated carbocycles. The molecule has 3 heterocycles. The molecule has 7 fully saturated rings. The van der Waals surface area contributed by atoms with Crippen molar-refractivity contribution < 1.29 is 99.0 Å². The van der Waals surface area contributed by atoms with E-state index in [1.54, 1.807) is 6.92 Å². The molecule has 0 aromatic carbocycles. The molecule has 20 nitrogen and oxygen atoms in total. The highest BCUT2D eigenvalue weighted by molar-refractivity contribution is 5.78. The Balaban J connectivity index is 1.13. The van der Waals surface area contributed by atoms with Gasteiger partial charge in [0.2, 0.25) is 0 Å². The number of aliphatic hydroxyl groups is 9. The highest BCUT2D eigenvalue weighted by atomic mass is 16.8. The van der Waals surface area contributed by atoms with Crippen molar-refractivity contribution >= 4 is 18.2 Å². The van der Waals surface area contributed by atoms with Crippen molar-refractivity contribution in [2.75, 3.05) is 6.61 Å². The van der Waals surface area contributed by atoms with Crippen LogP contribution in [0.3, 0.4) is 0 Å². The third kappa shape index (κ3) is 7.77. The molecule has 0 bridgehead atoms. The number of aliphatic hydroxyl groups excluding tert-OH is 9. The zero-order valence-electron chi connectivity index (χ0n) is 39.9. The number of ether oxygens (including phenoxy) is 6. The lowest BCUT2D eigenvalue weighted by atomic mass is 9.33. The molecule has 8 rings (SSSR count). The lowest BCUT2D eigenvalue weighted by Gasteiger charge is -2.71. The van der Waals surface area contributed by atoms with Crippen LogP contribution in [0, 0.1) is 50.2 Å². The van der Waals surface area contributed by atoms with Gasteiger partial charge in [0.15, 0.2) is 25.0 Å². The predicted molar refractivity (Wildman–Crippen MR) is 231 cm³/mol. The first kappa shape index (κ1) is 52.1. The second-order valence-electron chi connectivity index (χ2n) is 23.3. The molecule has 0 amide bonds. The molecule has 20 heteroatoms. The summed E-state index contributed by atoms with van der Waals surface area (Å²) < 4.78 is 36.2. The monoisotopic (exact) mass is 970 g/mol. The molecule has 25 atom stereocenters. The van der Waals surface area contributed by atoms with E-state index >= 15 is 0 Å². The fourth-order valence-corrected chi connectivity index (χ4v) is 15.0. The number of carbonyl (C=O) groups excluding carboxylic acids is 1. The number of aldehydes is 1. The van der Waals surface area contributed by atoms with Crippen molar-refractivity contribution in [3.63, 3.8) is 0 Å².